The number of carbonyl (C=O) groups excluding carboxylic acids is 1. The fourth-order valence-corrected chi connectivity index (χ4v) is 5.59. The Kier molecular flexibility index (Phi) is 6.38. The van der Waals surface area contributed by atoms with Crippen molar-refractivity contribution in [2.75, 3.05) is 12.4 Å². The second-order valence-corrected chi connectivity index (χ2v) is 10.2. The van der Waals surface area contributed by atoms with Gasteiger partial charge in [0.05, 0.1) is 22.8 Å². The number of methoxy groups -OCH3 is 1. The van der Waals surface area contributed by atoms with Crippen LogP contribution in [-0.4, -0.2) is 22.0 Å². The molecular formula is C30H24Cl2FN3O2. The molecule has 0 saturated heterocycles. The number of rotatable bonds is 5. The number of imidazole rings is 1. The van der Waals surface area contributed by atoms with Crippen molar-refractivity contribution in [3.05, 3.63) is 100 Å². The first-order chi connectivity index (χ1) is 18.4. The van der Waals surface area contributed by atoms with Crippen LogP contribution in [0, 0.1) is 5.82 Å². The second kappa shape index (κ2) is 9.86. The van der Waals surface area contributed by atoms with Crippen molar-refractivity contribution in [3.8, 4) is 28.1 Å². The van der Waals surface area contributed by atoms with E-state index in [0.29, 0.717) is 21.4 Å². The average molecular weight is 548 g/mol. The number of nitrogens with one attached hydrogen (secondary N) is 1. The summed E-state index contributed by atoms with van der Waals surface area (Å²) in [5.41, 5.74) is 6.81. The number of benzene rings is 3. The maximum atomic E-state index is 14.0. The third kappa shape index (κ3) is 4.24. The third-order valence-electron chi connectivity index (χ3n) is 7.05. The molecule has 192 valence electrons. The number of carbonyl (C=O) groups is 1. The molecular weight excluding hydrogens is 524 g/mol. The molecule has 2 aromatic heterocycles. The first kappa shape index (κ1) is 24.6. The minimum atomic E-state index is -0.285. The minimum Gasteiger partial charge on any atom is -0.497 e. The maximum Gasteiger partial charge on any atom is 0.273 e. The maximum absolute atomic E-state index is 14.0. The molecule has 1 N–H and O–H groups in total. The van der Waals surface area contributed by atoms with Crippen molar-refractivity contribution in [3.63, 3.8) is 0 Å². The molecule has 0 aliphatic carbocycles. The van der Waals surface area contributed by atoms with Crippen LogP contribution in [0.25, 0.3) is 28.0 Å². The van der Waals surface area contributed by atoms with Gasteiger partial charge in [-0.2, -0.15) is 0 Å². The molecule has 0 atom stereocenters. The van der Waals surface area contributed by atoms with E-state index >= 15 is 0 Å². The number of aromatic nitrogens is 2. The molecule has 3 aromatic carbocycles. The SMILES string of the molecule is COc1ccc(-c2c3c4n(c(-c5ccc(F)cc5)cn4c2C(=O)Nc2ccc(Cl)c(Cl)c2)CCCC3)cc1. The third-order valence-corrected chi connectivity index (χ3v) is 7.78. The molecule has 0 spiro atoms. The molecule has 5 nitrogen and oxygen atoms in total. The Morgan fingerprint density at radius 3 is 2.39 bits per heavy atom. The largest absolute Gasteiger partial charge is 0.497 e. The van der Waals surface area contributed by atoms with Gasteiger partial charge in [0.1, 0.15) is 22.9 Å². The highest BCUT2D eigenvalue weighted by Crippen LogP contribution is 2.40. The number of nitrogens with zero attached hydrogens (tertiary/aromatic N) is 2. The van der Waals surface area contributed by atoms with Gasteiger partial charge in [0, 0.05) is 29.6 Å². The summed E-state index contributed by atoms with van der Waals surface area (Å²) in [5.74, 6) is 0.194. The van der Waals surface area contributed by atoms with Crippen LogP contribution < -0.4 is 10.1 Å². The molecule has 1 amide bonds. The van der Waals surface area contributed by atoms with Crippen molar-refractivity contribution < 1.29 is 13.9 Å². The first-order valence-electron chi connectivity index (χ1n) is 12.4. The van der Waals surface area contributed by atoms with Crippen LogP contribution in [0.4, 0.5) is 10.1 Å². The predicted octanol–water partition coefficient (Wildman–Crippen LogP) is 8.12. The zero-order chi connectivity index (χ0) is 26.4. The Morgan fingerprint density at radius 1 is 0.947 bits per heavy atom. The van der Waals surface area contributed by atoms with Crippen molar-refractivity contribution in [1.82, 2.24) is 8.97 Å². The Balaban J connectivity index is 1.58. The number of ether oxygens (including phenoxy) is 1. The van der Waals surface area contributed by atoms with E-state index in [1.807, 2.05) is 34.9 Å². The van der Waals surface area contributed by atoms with Crippen LogP contribution in [0.1, 0.15) is 28.9 Å². The number of aryl methyl sites for hydroxylation is 2. The van der Waals surface area contributed by atoms with E-state index in [0.717, 1.165) is 65.2 Å². The first-order valence-corrected chi connectivity index (χ1v) is 13.1. The summed E-state index contributed by atoms with van der Waals surface area (Å²) in [6.07, 6.45) is 4.80. The van der Waals surface area contributed by atoms with Gasteiger partial charge in [0.15, 0.2) is 0 Å². The Morgan fingerprint density at radius 2 is 1.68 bits per heavy atom. The van der Waals surface area contributed by atoms with E-state index < -0.39 is 0 Å². The zero-order valence-corrected chi connectivity index (χ0v) is 22.1. The smallest absolute Gasteiger partial charge is 0.273 e. The molecule has 5 aromatic rings. The van der Waals surface area contributed by atoms with E-state index in [2.05, 4.69) is 9.88 Å². The van der Waals surface area contributed by atoms with E-state index in [1.165, 1.54) is 12.1 Å². The molecule has 0 bridgehead atoms. The quantitative estimate of drug-likeness (QED) is 0.241. The van der Waals surface area contributed by atoms with Gasteiger partial charge in [-0.3, -0.25) is 9.20 Å². The summed E-state index contributed by atoms with van der Waals surface area (Å²) < 4.78 is 23.3. The highest BCUT2D eigenvalue weighted by molar-refractivity contribution is 6.42. The van der Waals surface area contributed by atoms with Gasteiger partial charge in [-0.15, -0.1) is 0 Å². The summed E-state index contributed by atoms with van der Waals surface area (Å²) >= 11 is 12.3. The molecule has 0 saturated carbocycles. The Labute approximate surface area is 229 Å². The van der Waals surface area contributed by atoms with Gasteiger partial charge >= 0.3 is 0 Å². The lowest BCUT2D eigenvalue weighted by Crippen LogP contribution is -2.15. The van der Waals surface area contributed by atoms with Gasteiger partial charge in [0.2, 0.25) is 0 Å². The summed E-state index contributed by atoms with van der Waals surface area (Å²) in [4.78, 5) is 14.0. The predicted molar refractivity (Wildman–Crippen MR) is 150 cm³/mol. The van der Waals surface area contributed by atoms with Crippen molar-refractivity contribution in [2.24, 2.45) is 0 Å². The van der Waals surface area contributed by atoms with Gasteiger partial charge in [-0.1, -0.05) is 35.3 Å². The highest BCUT2D eigenvalue weighted by atomic mass is 35.5. The van der Waals surface area contributed by atoms with Gasteiger partial charge in [-0.25, -0.2) is 4.39 Å². The summed E-state index contributed by atoms with van der Waals surface area (Å²) in [5, 5.41) is 3.79. The van der Waals surface area contributed by atoms with Crippen molar-refractivity contribution in [2.45, 2.75) is 25.8 Å². The summed E-state index contributed by atoms with van der Waals surface area (Å²) in [6.45, 7) is 0.802. The topological polar surface area (TPSA) is 47.7 Å². The van der Waals surface area contributed by atoms with Crippen LogP contribution >= 0.6 is 23.2 Å². The van der Waals surface area contributed by atoms with Gasteiger partial charge in [0.25, 0.3) is 5.91 Å². The van der Waals surface area contributed by atoms with E-state index in [4.69, 9.17) is 27.9 Å². The molecule has 0 fully saturated rings. The molecule has 1 aliphatic heterocycles. The lowest BCUT2D eigenvalue weighted by atomic mass is 9.97. The lowest BCUT2D eigenvalue weighted by molar-refractivity contribution is 0.102. The molecule has 8 heteroatoms. The number of halogens is 3. The Bertz CT molecular complexity index is 1670. The van der Waals surface area contributed by atoms with E-state index in [-0.39, 0.29) is 11.7 Å². The van der Waals surface area contributed by atoms with Gasteiger partial charge in [-0.05, 0) is 85.0 Å². The number of amides is 1. The zero-order valence-electron chi connectivity index (χ0n) is 20.6. The highest BCUT2D eigenvalue weighted by Gasteiger charge is 2.29. The number of anilines is 1. The molecule has 0 unspecified atom stereocenters. The standard InChI is InChI=1S/C30H24Cl2FN3O2/c1-38-22-12-7-19(8-13-22)27-23-4-2-3-15-35-26(18-5-9-20(33)10-6-18)17-36(30(23)35)28(27)29(37)34-21-11-14-24(31)25(32)16-21/h5-14,16-17H,2-4,15H2,1H3,(H,34,37). The summed E-state index contributed by atoms with van der Waals surface area (Å²) in [6, 6.07) is 19.3. The van der Waals surface area contributed by atoms with E-state index in [9.17, 15) is 9.18 Å². The van der Waals surface area contributed by atoms with Crippen LogP contribution in [0.2, 0.25) is 10.0 Å². The normalized spacial score (nSPS) is 12.9. The Hall–Kier alpha value is -3.74. The minimum absolute atomic E-state index is 0.265. The average Bonchev–Trinajstić information content (AvgIpc) is 3.34. The van der Waals surface area contributed by atoms with Crippen LogP contribution in [-0.2, 0) is 13.0 Å². The fraction of sp³-hybridized carbons (Fsp3) is 0.167. The monoisotopic (exact) mass is 547 g/mol. The van der Waals surface area contributed by atoms with Crippen LogP contribution in [0.3, 0.4) is 0 Å². The fourth-order valence-electron chi connectivity index (χ4n) is 5.29. The van der Waals surface area contributed by atoms with Crippen LogP contribution in [0.15, 0.2) is 72.9 Å². The number of hydrogen-bond donors (Lipinski definition) is 1. The van der Waals surface area contributed by atoms with Gasteiger partial charge < -0.3 is 14.6 Å². The lowest BCUT2D eigenvalue weighted by Gasteiger charge is -2.11. The second-order valence-electron chi connectivity index (χ2n) is 9.34. The molecule has 1 aliphatic rings. The molecule has 0 radical (unpaired) electrons. The number of hydrogen-bond acceptors (Lipinski definition) is 2. The van der Waals surface area contributed by atoms with Crippen LogP contribution in [0.5, 0.6) is 5.75 Å². The molecule has 3 heterocycles. The van der Waals surface area contributed by atoms with Crippen molar-refractivity contribution >= 4 is 40.4 Å². The molecule has 6 rings (SSSR count). The molecule has 38 heavy (non-hydrogen) atoms. The van der Waals surface area contributed by atoms with Crippen molar-refractivity contribution in [1.29, 1.82) is 0 Å². The van der Waals surface area contributed by atoms with E-state index in [1.54, 1.807) is 37.4 Å². The summed E-state index contributed by atoms with van der Waals surface area (Å²) in [7, 11) is 1.63.